The van der Waals surface area contributed by atoms with Crippen molar-refractivity contribution in [2.75, 3.05) is 38.6 Å². The highest BCUT2D eigenvalue weighted by molar-refractivity contribution is 6.30. The molecule has 1 N–H and O–H groups in total. The molecule has 0 radical (unpaired) electrons. The lowest BCUT2D eigenvalue weighted by molar-refractivity contribution is 0.238. The fraction of sp³-hybridized carbons (Fsp3) is 0.269. The standard InChI is InChI=1S/C26H26ClN3O/c1-28-25-18-20(5-13-26(25)31-17-16-30-14-2-3-15-30)4-11-24-12-8-22(19-29-24)21-6-9-23(27)10-7-21/h5-10,12-13,18-19,28H,2-3,14-17H2,1H3. The van der Waals surface area contributed by atoms with Crippen molar-refractivity contribution in [3.63, 3.8) is 0 Å². The Morgan fingerprint density at radius 1 is 1.00 bits per heavy atom. The molecule has 31 heavy (non-hydrogen) atoms. The summed E-state index contributed by atoms with van der Waals surface area (Å²) in [5.74, 6) is 7.20. The second kappa shape index (κ2) is 10.3. The molecule has 5 heteroatoms. The minimum Gasteiger partial charge on any atom is -0.490 e. The molecule has 0 aliphatic carbocycles. The van der Waals surface area contributed by atoms with Crippen LogP contribution >= 0.6 is 11.6 Å². The molecule has 0 atom stereocenters. The monoisotopic (exact) mass is 431 g/mol. The third-order valence-electron chi connectivity index (χ3n) is 5.39. The first-order valence-electron chi connectivity index (χ1n) is 10.6. The predicted molar refractivity (Wildman–Crippen MR) is 128 cm³/mol. The SMILES string of the molecule is CNc1cc(C#Cc2ccc(-c3ccc(Cl)cc3)cn2)ccc1OCCN1CCCC1. The van der Waals surface area contributed by atoms with Crippen molar-refractivity contribution in [3.8, 4) is 28.7 Å². The smallest absolute Gasteiger partial charge is 0.142 e. The maximum absolute atomic E-state index is 6.00. The molecule has 2 heterocycles. The van der Waals surface area contributed by atoms with E-state index in [1.165, 1.54) is 25.9 Å². The second-order valence-corrected chi connectivity index (χ2v) is 7.98. The van der Waals surface area contributed by atoms with Crippen LogP contribution in [0.1, 0.15) is 24.1 Å². The summed E-state index contributed by atoms with van der Waals surface area (Å²) in [6.07, 6.45) is 4.44. The normalized spacial score (nSPS) is 13.5. The summed E-state index contributed by atoms with van der Waals surface area (Å²) in [6.45, 7) is 4.04. The molecular weight excluding hydrogens is 406 g/mol. The number of aromatic nitrogens is 1. The van der Waals surface area contributed by atoms with Gasteiger partial charge in [-0.25, -0.2) is 4.98 Å². The third kappa shape index (κ3) is 5.79. The van der Waals surface area contributed by atoms with E-state index in [0.29, 0.717) is 6.61 Å². The van der Waals surface area contributed by atoms with Crippen LogP contribution in [0.4, 0.5) is 5.69 Å². The van der Waals surface area contributed by atoms with Crippen molar-refractivity contribution in [3.05, 3.63) is 77.1 Å². The fourth-order valence-electron chi connectivity index (χ4n) is 3.64. The van der Waals surface area contributed by atoms with Gasteiger partial charge in [0.1, 0.15) is 18.1 Å². The van der Waals surface area contributed by atoms with Crippen LogP contribution in [-0.4, -0.2) is 43.2 Å². The zero-order valence-corrected chi connectivity index (χ0v) is 18.5. The van der Waals surface area contributed by atoms with Gasteiger partial charge in [0, 0.05) is 35.9 Å². The molecule has 1 aliphatic heterocycles. The Labute approximate surface area is 189 Å². The van der Waals surface area contributed by atoms with Crippen LogP contribution in [0.3, 0.4) is 0 Å². The first-order chi connectivity index (χ1) is 15.2. The van der Waals surface area contributed by atoms with Gasteiger partial charge in [0.25, 0.3) is 0 Å². The van der Waals surface area contributed by atoms with Gasteiger partial charge in [-0.1, -0.05) is 35.7 Å². The highest BCUT2D eigenvalue weighted by Gasteiger charge is 2.11. The molecule has 0 bridgehead atoms. The molecule has 0 amide bonds. The minimum absolute atomic E-state index is 0.698. The first kappa shape index (κ1) is 21.2. The molecule has 0 saturated carbocycles. The van der Waals surface area contributed by atoms with Gasteiger partial charge >= 0.3 is 0 Å². The van der Waals surface area contributed by atoms with Crippen molar-refractivity contribution >= 4 is 17.3 Å². The van der Waals surface area contributed by atoms with Gasteiger partial charge in [-0.2, -0.15) is 0 Å². The molecule has 1 aromatic heterocycles. The number of likely N-dealkylation sites (tertiary alicyclic amines) is 1. The molecule has 1 aliphatic rings. The van der Waals surface area contributed by atoms with Gasteiger partial charge in [0.15, 0.2) is 0 Å². The summed E-state index contributed by atoms with van der Waals surface area (Å²) in [5.41, 5.74) is 4.71. The topological polar surface area (TPSA) is 37.4 Å². The van der Waals surface area contributed by atoms with Crippen LogP contribution < -0.4 is 10.1 Å². The van der Waals surface area contributed by atoms with Crippen LogP contribution in [0.25, 0.3) is 11.1 Å². The maximum atomic E-state index is 6.00. The number of hydrogen-bond donors (Lipinski definition) is 1. The lowest BCUT2D eigenvalue weighted by Gasteiger charge is -2.16. The Morgan fingerprint density at radius 3 is 2.48 bits per heavy atom. The van der Waals surface area contributed by atoms with E-state index in [4.69, 9.17) is 16.3 Å². The summed E-state index contributed by atoms with van der Waals surface area (Å²) in [5, 5.41) is 3.94. The van der Waals surface area contributed by atoms with E-state index in [9.17, 15) is 0 Å². The van der Waals surface area contributed by atoms with E-state index < -0.39 is 0 Å². The lowest BCUT2D eigenvalue weighted by atomic mass is 10.1. The zero-order valence-electron chi connectivity index (χ0n) is 17.7. The van der Waals surface area contributed by atoms with E-state index in [2.05, 4.69) is 27.0 Å². The summed E-state index contributed by atoms with van der Waals surface area (Å²) in [7, 11) is 1.90. The Bertz CT molecular complexity index is 1060. The number of ether oxygens (including phenoxy) is 1. The van der Waals surface area contributed by atoms with E-state index in [-0.39, 0.29) is 0 Å². The van der Waals surface area contributed by atoms with E-state index in [0.717, 1.165) is 45.4 Å². The van der Waals surface area contributed by atoms with Crippen LogP contribution in [0.15, 0.2) is 60.8 Å². The molecule has 1 fully saturated rings. The molecule has 1 saturated heterocycles. The van der Waals surface area contributed by atoms with Crippen molar-refractivity contribution in [2.24, 2.45) is 0 Å². The summed E-state index contributed by atoms with van der Waals surface area (Å²) in [6, 6.07) is 17.7. The number of halogens is 1. The maximum Gasteiger partial charge on any atom is 0.142 e. The molecule has 0 spiro atoms. The van der Waals surface area contributed by atoms with Gasteiger partial charge in [0.2, 0.25) is 0 Å². The second-order valence-electron chi connectivity index (χ2n) is 7.55. The van der Waals surface area contributed by atoms with E-state index in [1.54, 1.807) is 0 Å². The summed E-state index contributed by atoms with van der Waals surface area (Å²) in [4.78, 5) is 6.93. The van der Waals surface area contributed by atoms with Crippen LogP contribution in [0.2, 0.25) is 5.02 Å². The molecule has 158 valence electrons. The van der Waals surface area contributed by atoms with Gasteiger partial charge in [-0.3, -0.25) is 4.90 Å². The molecule has 2 aromatic carbocycles. The molecule has 4 nitrogen and oxygen atoms in total. The Hall–Kier alpha value is -3.00. The van der Waals surface area contributed by atoms with Gasteiger partial charge in [0.05, 0.1) is 5.69 Å². The highest BCUT2D eigenvalue weighted by Crippen LogP contribution is 2.25. The van der Waals surface area contributed by atoms with Crippen LogP contribution in [0, 0.1) is 11.8 Å². The zero-order chi connectivity index (χ0) is 21.5. The minimum atomic E-state index is 0.698. The van der Waals surface area contributed by atoms with Crippen LogP contribution in [0.5, 0.6) is 5.75 Å². The van der Waals surface area contributed by atoms with E-state index >= 15 is 0 Å². The molecule has 3 aromatic rings. The van der Waals surface area contributed by atoms with Gasteiger partial charge in [-0.15, -0.1) is 0 Å². The van der Waals surface area contributed by atoms with Crippen LogP contribution in [-0.2, 0) is 0 Å². The number of nitrogens with zero attached hydrogens (tertiary/aromatic N) is 2. The van der Waals surface area contributed by atoms with Crippen molar-refractivity contribution < 1.29 is 4.74 Å². The first-order valence-corrected chi connectivity index (χ1v) is 11.0. The fourth-order valence-corrected chi connectivity index (χ4v) is 3.76. The molecule has 0 unspecified atom stereocenters. The van der Waals surface area contributed by atoms with Gasteiger partial charge in [-0.05, 0) is 73.8 Å². The number of pyridine rings is 1. The van der Waals surface area contributed by atoms with Crippen molar-refractivity contribution in [1.29, 1.82) is 0 Å². The average Bonchev–Trinajstić information content (AvgIpc) is 3.33. The van der Waals surface area contributed by atoms with Crippen molar-refractivity contribution in [2.45, 2.75) is 12.8 Å². The summed E-state index contributed by atoms with van der Waals surface area (Å²) < 4.78 is 6.00. The quantitative estimate of drug-likeness (QED) is 0.536. The number of hydrogen-bond acceptors (Lipinski definition) is 4. The number of anilines is 1. The molecular formula is C26H26ClN3O. The number of benzene rings is 2. The Kier molecular flexibility index (Phi) is 7.09. The Morgan fingerprint density at radius 2 is 1.77 bits per heavy atom. The lowest BCUT2D eigenvalue weighted by Crippen LogP contribution is -2.25. The van der Waals surface area contributed by atoms with Crippen molar-refractivity contribution in [1.82, 2.24) is 9.88 Å². The predicted octanol–water partition coefficient (Wildman–Crippen LogP) is 5.32. The Balaban J connectivity index is 1.40. The van der Waals surface area contributed by atoms with Gasteiger partial charge < -0.3 is 10.1 Å². The average molecular weight is 432 g/mol. The van der Waals surface area contributed by atoms with E-state index in [1.807, 2.05) is 67.8 Å². The third-order valence-corrected chi connectivity index (χ3v) is 5.64. The number of rotatable bonds is 6. The highest BCUT2D eigenvalue weighted by atomic mass is 35.5. The molecule has 4 rings (SSSR count). The number of nitrogens with one attached hydrogen (secondary N) is 1. The largest absolute Gasteiger partial charge is 0.490 e. The summed E-state index contributed by atoms with van der Waals surface area (Å²) >= 11 is 5.96.